The van der Waals surface area contributed by atoms with Crippen molar-refractivity contribution in [2.75, 3.05) is 6.54 Å². The van der Waals surface area contributed by atoms with Gasteiger partial charge in [-0.05, 0) is 49.8 Å². The number of fused-ring (bicyclic) bond motifs is 1. The van der Waals surface area contributed by atoms with Crippen molar-refractivity contribution in [3.8, 4) is 0 Å². The molecule has 16 heavy (non-hydrogen) atoms. The lowest BCUT2D eigenvalue weighted by atomic mass is 10.0. The van der Waals surface area contributed by atoms with E-state index in [1.165, 1.54) is 42.5 Å². The van der Waals surface area contributed by atoms with Crippen LogP contribution in [0.1, 0.15) is 47.6 Å². The van der Waals surface area contributed by atoms with Gasteiger partial charge in [0.05, 0.1) is 6.10 Å². The Morgan fingerprint density at radius 3 is 2.88 bits per heavy atom. The molecule has 1 aromatic heterocycles. The number of aryl methyl sites for hydroxylation is 2. The molecule has 0 saturated heterocycles. The maximum absolute atomic E-state index is 10.1. The summed E-state index contributed by atoms with van der Waals surface area (Å²) in [6.45, 7) is 2.55. The van der Waals surface area contributed by atoms with Crippen LogP contribution in [0.2, 0.25) is 0 Å². The normalized spacial score (nSPS) is 19.9. The zero-order valence-electron chi connectivity index (χ0n) is 9.91. The second kappa shape index (κ2) is 5.30. The third-order valence-corrected chi connectivity index (χ3v) is 4.78. The summed E-state index contributed by atoms with van der Waals surface area (Å²) in [6.07, 6.45) is 5.96. The molecule has 0 amide bonds. The maximum atomic E-state index is 10.1. The fraction of sp³-hybridized carbons (Fsp3) is 0.692. The van der Waals surface area contributed by atoms with Gasteiger partial charge in [-0.15, -0.1) is 11.3 Å². The third kappa shape index (κ3) is 2.47. The molecular formula is C13H21NOS. The quantitative estimate of drug-likeness (QED) is 0.797. The average molecular weight is 239 g/mol. The topological polar surface area (TPSA) is 46.2 Å². The molecule has 2 unspecified atom stereocenters. The highest BCUT2D eigenvalue weighted by Crippen LogP contribution is 2.34. The Kier molecular flexibility index (Phi) is 4.00. The van der Waals surface area contributed by atoms with Crippen molar-refractivity contribution < 1.29 is 5.11 Å². The summed E-state index contributed by atoms with van der Waals surface area (Å²) in [7, 11) is 0. The molecule has 0 fully saturated rings. The van der Waals surface area contributed by atoms with Crippen LogP contribution >= 0.6 is 11.3 Å². The largest absolute Gasteiger partial charge is 0.387 e. The van der Waals surface area contributed by atoms with E-state index in [-0.39, 0.29) is 12.0 Å². The standard InChI is InChI=1S/C13H21NOS/c1-9(8-14)13(15)12-7-10-5-3-2-4-6-11(10)16-12/h7,9,13,15H,2-6,8,14H2,1H3. The van der Waals surface area contributed by atoms with Crippen LogP contribution in [0.4, 0.5) is 0 Å². The lowest BCUT2D eigenvalue weighted by molar-refractivity contribution is 0.125. The van der Waals surface area contributed by atoms with Crippen molar-refractivity contribution in [3.05, 3.63) is 21.4 Å². The first-order valence-corrected chi connectivity index (χ1v) is 7.03. The molecule has 1 aliphatic rings. The van der Waals surface area contributed by atoms with Crippen molar-refractivity contribution in [2.24, 2.45) is 11.7 Å². The number of thiophene rings is 1. The van der Waals surface area contributed by atoms with E-state index in [4.69, 9.17) is 5.73 Å². The Labute approximate surface area is 101 Å². The van der Waals surface area contributed by atoms with Crippen LogP contribution in [0.15, 0.2) is 6.07 Å². The maximum Gasteiger partial charge on any atom is 0.0919 e. The molecule has 0 bridgehead atoms. The van der Waals surface area contributed by atoms with Crippen LogP contribution in [0.3, 0.4) is 0 Å². The van der Waals surface area contributed by atoms with Crippen molar-refractivity contribution in [1.82, 2.24) is 0 Å². The van der Waals surface area contributed by atoms with Gasteiger partial charge in [-0.2, -0.15) is 0 Å². The third-order valence-electron chi connectivity index (χ3n) is 3.47. The van der Waals surface area contributed by atoms with E-state index in [0.717, 1.165) is 4.88 Å². The van der Waals surface area contributed by atoms with E-state index in [2.05, 4.69) is 6.07 Å². The molecule has 2 rings (SSSR count). The first-order valence-electron chi connectivity index (χ1n) is 6.22. The van der Waals surface area contributed by atoms with E-state index in [1.54, 1.807) is 11.3 Å². The van der Waals surface area contributed by atoms with Gasteiger partial charge in [-0.1, -0.05) is 13.3 Å². The van der Waals surface area contributed by atoms with Crippen molar-refractivity contribution in [2.45, 2.75) is 45.1 Å². The molecule has 0 radical (unpaired) electrons. The Morgan fingerprint density at radius 1 is 1.38 bits per heavy atom. The summed E-state index contributed by atoms with van der Waals surface area (Å²) in [5.41, 5.74) is 7.08. The summed E-state index contributed by atoms with van der Waals surface area (Å²) < 4.78 is 0. The zero-order valence-corrected chi connectivity index (χ0v) is 10.7. The predicted octanol–water partition coefficient (Wildman–Crippen LogP) is 2.65. The molecule has 1 aromatic rings. The molecule has 2 nitrogen and oxygen atoms in total. The Morgan fingerprint density at radius 2 is 2.12 bits per heavy atom. The molecule has 0 saturated carbocycles. The first kappa shape index (κ1) is 12.1. The Hall–Kier alpha value is -0.380. The lowest BCUT2D eigenvalue weighted by Gasteiger charge is -2.14. The summed E-state index contributed by atoms with van der Waals surface area (Å²) in [5.74, 6) is 0.155. The molecule has 3 N–H and O–H groups in total. The van der Waals surface area contributed by atoms with Crippen molar-refractivity contribution >= 4 is 11.3 Å². The number of hydrogen-bond donors (Lipinski definition) is 2. The summed E-state index contributed by atoms with van der Waals surface area (Å²) in [4.78, 5) is 2.61. The number of hydrogen-bond acceptors (Lipinski definition) is 3. The number of aliphatic hydroxyl groups excluding tert-OH is 1. The van der Waals surface area contributed by atoms with Crippen LogP contribution in [0.5, 0.6) is 0 Å². The van der Waals surface area contributed by atoms with Gasteiger partial charge in [-0.3, -0.25) is 0 Å². The number of nitrogens with two attached hydrogens (primary N) is 1. The molecule has 3 heteroatoms. The smallest absolute Gasteiger partial charge is 0.0919 e. The highest BCUT2D eigenvalue weighted by Gasteiger charge is 2.20. The number of aliphatic hydroxyl groups is 1. The molecule has 1 aliphatic carbocycles. The molecule has 1 heterocycles. The van der Waals surface area contributed by atoms with Crippen LogP contribution in [0.25, 0.3) is 0 Å². The van der Waals surface area contributed by atoms with Crippen LogP contribution in [-0.2, 0) is 12.8 Å². The van der Waals surface area contributed by atoms with Gasteiger partial charge >= 0.3 is 0 Å². The van der Waals surface area contributed by atoms with Gasteiger partial charge in [0.1, 0.15) is 0 Å². The van der Waals surface area contributed by atoms with Crippen LogP contribution in [-0.4, -0.2) is 11.7 Å². The van der Waals surface area contributed by atoms with E-state index in [9.17, 15) is 5.11 Å². The van der Waals surface area contributed by atoms with Crippen molar-refractivity contribution in [3.63, 3.8) is 0 Å². The molecular weight excluding hydrogens is 218 g/mol. The molecule has 0 aromatic carbocycles. The molecule has 0 spiro atoms. The summed E-state index contributed by atoms with van der Waals surface area (Å²) in [6, 6.07) is 2.21. The van der Waals surface area contributed by atoms with E-state index in [1.807, 2.05) is 6.92 Å². The second-order valence-electron chi connectivity index (χ2n) is 4.82. The molecule has 2 atom stereocenters. The summed E-state index contributed by atoms with van der Waals surface area (Å²) in [5, 5.41) is 10.1. The monoisotopic (exact) mass is 239 g/mol. The Bertz CT molecular complexity index is 324. The van der Waals surface area contributed by atoms with Gasteiger partial charge < -0.3 is 10.8 Å². The zero-order chi connectivity index (χ0) is 11.5. The Balaban J connectivity index is 2.17. The summed E-state index contributed by atoms with van der Waals surface area (Å²) >= 11 is 1.79. The van der Waals surface area contributed by atoms with Crippen LogP contribution in [0, 0.1) is 5.92 Å². The average Bonchev–Trinajstić information content (AvgIpc) is 2.58. The SMILES string of the molecule is CC(CN)C(O)c1cc2c(s1)CCCCC2. The predicted molar refractivity (Wildman–Crippen MR) is 68.8 cm³/mol. The molecule has 0 aliphatic heterocycles. The minimum atomic E-state index is -0.373. The second-order valence-corrected chi connectivity index (χ2v) is 5.98. The van der Waals surface area contributed by atoms with Crippen LogP contribution < -0.4 is 5.73 Å². The van der Waals surface area contributed by atoms with Gasteiger partial charge in [0.2, 0.25) is 0 Å². The number of rotatable bonds is 3. The first-order chi connectivity index (χ1) is 7.72. The minimum absolute atomic E-state index is 0.155. The lowest BCUT2D eigenvalue weighted by Crippen LogP contribution is -2.18. The highest BCUT2D eigenvalue weighted by atomic mass is 32.1. The van der Waals surface area contributed by atoms with Gasteiger partial charge in [0, 0.05) is 9.75 Å². The van der Waals surface area contributed by atoms with Gasteiger partial charge in [0.25, 0.3) is 0 Å². The fourth-order valence-corrected chi connectivity index (χ4v) is 3.62. The minimum Gasteiger partial charge on any atom is -0.387 e. The van der Waals surface area contributed by atoms with Crippen molar-refractivity contribution in [1.29, 1.82) is 0 Å². The van der Waals surface area contributed by atoms with E-state index >= 15 is 0 Å². The van der Waals surface area contributed by atoms with Gasteiger partial charge in [0.15, 0.2) is 0 Å². The van der Waals surface area contributed by atoms with Gasteiger partial charge in [-0.25, -0.2) is 0 Å². The van der Waals surface area contributed by atoms with E-state index < -0.39 is 0 Å². The van der Waals surface area contributed by atoms with E-state index in [0.29, 0.717) is 6.54 Å². The molecule has 90 valence electrons. The fourth-order valence-electron chi connectivity index (χ4n) is 2.25. The highest BCUT2D eigenvalue weighted by molar-refractivity contribution is 7.12.